The monoisotopic (exact) mass is 571 g/mol. The molecule has 7 nitrogen and oxygen atoms in total. The molecular formula is C10H26BO7PSiU-. The van der Waals surface area contributed by atoms with E-state index in [0.717, 1.165) is 28.2 Å². The van der Waals surface area contributed by atoms with Gasteiger partial charge in [0.05, 0.1) is 0 Å². The van der Waals surface area contributed by atoms with Gasteiger partial charge in [-0.3, -0.25) is 9.05 Å². The van der Waals surface area contributed by atoms with Crippen LogP contribution in [0, 0.1) is 37.7 Å². The van der Waals surface area contributed by atoms with E-state index in [1.165, 1.54) is 13.5 Å². The van der Waals surface area contributed by atoms with Crippen LogP contribution < -0.4 is 0 Å². The summed E-state index contributed by atoms with van der Waals surface area (Å²) < 4.78 is 57.2. The Morgan fingerprint density at radius 1 is 1.62 bits per heavy atom. The van der Waals surface area contributed by atoms with Gasteiger partial charge in [-0.2, -0.15) is 6.61 Å². The molecule has 3 atom stereocenters. The Hall–Kier alpha value is 1.32. The van der Waals surface area contributed by atoms with E-state index in [4.69, 9.17) is 22.7 Å². The van der Waals surface area contributed by atoms with Crippen LogP contribution in [-0.4, -0.2) is 57.1 Å². The minimum Gasteiger partial charge on any atom is -0.527 e. The first-order chi connectivity index (χ1) is 10.6. The SMILES string of the molecule is [2H][Si](C)([B][3H])OCC([CH-]OC(C)O)OP(=O)(OC)OC.[3H]CC.[U]. The second-order valence-electron chi connectivity index (χ2n) is 3.25. The molecule has 0 saturated heterocycles. The molecule has 1 radical (unpaired) electrons. The molecular weight excluding hydrogens is 540 g/mol. The summed E-state index contributed by atoms with van der Waals surface area (Å²) in [7, 11) is -3.53. The first-order valence-electron chi connectivity index (χ1n) is 7.60. The van der Waals surface area contributed by atoms with Crippen molar-refractivity contribution in [1.29, 1.82) is 2.57 Å². The Morgan fingerprint density at radius 2 is 2.14 bits per heavy atom. The van der Waals surface area contributed by atoms with Gasteiger partial charge in [0.15, 0.2) is 0 Å². The van der Waals surface area contributed by atoms with E-state index < -0.39 is 29.1 Å². The van der Waals surface area contributed by atoms with E-state index in [1.807, 2.05) is 0 Å². The fourth-order valence-corrected chi connectivity index (χ4v) is 2.03. The number of phosphoric ester groups is 1. The van der Waals surface area contributed by atoms with Crippen LogP contribution in [0.5, 0.6) is 0 Å². The molecule has 0 fully saturated rings. The second-order valence-corrected chi connectivity index (χ2v) is 6.59. The molecule has 0 heterocycles. The van der Waals surface area contributed by atoms with Crippen molar-refractivity contribution in [2.24, 2.45) is 0 Å². The number of aliphatic hydroxyl groups excluding tert-OH is 1. The van der Waals surface area contributed by atoms with Crippen LogP contribution >= 0.6 is 7.82 Å². The summed E-state index contributed by atoms with van der Waals surface area (Å²) in [5, 5.41) is 9.04. The van der Waals surface area contributed by atoms with E-state index in [0.29, 0.717) is 6.90 Å². The molecule has 3 unspecified atom stereocenters. The molecule has 0 spiro atoms. The molecule has 0 aromatic carbocycles. The number of ether oxygens (including phenoxy) is 1. The van der Waals surface area contributed by atoms with Crippen LogP contribution in [0.4, 0.5) is 0 Å². The summed E-state index contributed by atoms with van der Waals surface area (Å²) >= 11 is 0. The van der Waals surface area contributed by atoms with E-state index in [-0.39, 0.29) is 37.7 Å². The Morgan fingerprint density at radius 3 is 2.52 bits per heavy atom. The van der Waals surface area contributed by atoms with Crippen molar-refractivity contribution in [2.75, 3.05) is 20.8 Å². The van der Waals surface area contributed by atoms with Crippen LogP contribution in [0.15, 0.2) is 0 Å². The van der Waals surface area contributed by atoms with Crippen molar-refractivity contribution in [1.82, 2.24) is 0 Å². The number of phosphoric acid groups is 1. The maximum atomic E-state index is 11.9. The minimum absolute atomic E-state index is 0. The zero-order chi connectivity index (χ0) is 18.5. The van der Waals surface area contributed by atoms with E-state index >= 15 is 0 Å². The van der Waals surface area contributed by atoms with E-state index in [2.05, 4.69) is 9.05 Å². The number of aliphatic hydroxyl groups is 1. The van der Waals surface area contributed by atoms with Gasteiger partial charge in [-0.05, 0) is 14.4 Å². The van der Waals surface area contributed by atoms with Gasteiger partial charge < -0.3 is 18.8 Å². The summed E-state index contributed by atoms with van der Waals surface area (Å²) in [5.41, 5.74) is 0. The Bertz CT molecular complexity index is 340. The smallest absolute Gasteiger partial charge is 0.472 e. The van der Waals surface area contributed by atoms with Crippen molar-refractivity contribution in [2.45, 2.75) is 39.7 Å². The molecule has 0 aliphatic heterocycles. The molecule has 0 aliphatic carbocycles. The van der Waals surface area contributed by atoms with Gasteiger partial charge in [0.2, 0.25) is 0 Å². The quantitative estimate of drug-likeness (QED) is 0.172. The standard InChI is InChI=1S/C8H20BO7PSi.C2H6.U/c1-7(10)14-5-8(6-15-18(4)9)16-17(11,12-2)13-3;1-2;/h5,7-10,18H,6H2,1-4H3;1-2H3;/q-1;;/i9T,18D;1T;. The predicted octanol–water partition coefficient (Wildman–Crippen LogP) is 1.08. The molecule has 0 bridgehead atoms. The number of hydrogen-bond acceptors (Lipinski definition) is 7. The van der Waals surface area contributed by atoms with Gasteiger partial charge in [-0.25, -0.2) is 4.57 Å². The molecule has 125 valence electrons. The third-order valence-electron chi connectivity index (χ3n) is 1.61. The predicted molar refractivity (Wildman–Crippen MR) is 81.0 cm³/mol. The topological polar surface area (TPSA) is 83.5 Å². The molecule has 1 N–H and O–H groups in total. The first-order valence-corrected chi connectivity index (χ1v) is 9.27. The molecule has 11 heteroatoms. The molecule has 21 heavy (non-hydrogen) atoms. The van der Waals surface area contributed by atoms with Crippen molar-refractivity contribution in [3.05, 3.63) is 6.61 Å². The van der Waals surface area contributed by atoms with E-state index in [1.54, 1.807) is 6.92 Å². The molecule has 0 aromatic rings. The maximum absolute atomic E-state index is 11.9. The molecule has 0 amide bonds. The molecule has 0 aromatic heterocycles. The Kier molecular flexibility index (Phi) is 15.7. The van der Waals surface area contributed by atoms with E-state index in [9.17, 15) is 4.57 Å². The van der Waals surface area contributed by atoms with Gasteiger partial charge in [0.1, 0.15) is 22.5 Å². The first kappa shape index (κ1) is 20.4. The summed E-state index contributed by atoms with van der Waals surface area (Å²) in [6.07, 6.45) is -2.08. The molecule has 0 saturated carbocycles. The summed E-state index contributed by atoms with van der Waals surface area (Å²) in [6, 6.07) is 0. The Balaban J connectivity index is -0.00000102. The minimum atomic E-state index is -3.76. The maximum Gasteiger partial charge on any atom is 0.472 e. The average Bonchev–Trinajstić information content (AvgIpc) is 2.50. The number of rotatable bonds is 11. The van der Waals surface area contributed by atoms with Gasteiger partial charge in [-0.15, -0.1) is 0 Å². The molecule has 0 rings (SSSR count). The normalized spacial score (nSPS) is 18.5. The molecule has 0 aliphatic rings. The average molecular weight is 571 g/mol. The Labute approximate surface area is 158 Å². The van der Waals surface area contributed by atoms with Gasteiger partial charge in [0, 0.05) is 54.5 Å². The zero-order valence-corrected chi connectivity index (χ0v) is 19.1. The number of hydrogen-bond donors (Lipinski definition) is 1. The third-order valence-corrected chi connectivity index (χ3v) is 3.66. The summed E-state index contributed by atoms with van der Waals surface area (Å²) in [6.45, 7) is 6.04. The van der Waals surface area contributed by atoms with Crippen LogP contribution in [-0.2, 0) is 27.3 Å². The van der Waals surface area contributed by atoms with Crippen LogP contribution in [0.3, 0.4) is 0 Å². The zero-order valence-electron chi connectivity index (χ0n) is 16.1. The van der Waals surface area contributed by atoms with Crippen molar-refractivity contribution in [3.63, 3.8) is 0 Å². The van der Waals surface area contributed by atoms with Gasteiger partial charge >= 0.3 is 7.82 Å². The van der Waals surface area contributed by atoms with Gasteiger partial charge in [-0.1, -0.05) is 20.4 Å². The third kappa shape index (κ3) is 16.0. The fraction of sp³-hybridized carbons (Fsp3) is 0.900. The fourth-order valence-electron chi connectivity index (χ4n) is 0.836. The summed E-state index contributed by atoms with van der Waals surface area (Å²) in [4.78, 5) is 0. The van der Waals surface area contributed by atoms with Crippen molar-refractivity contribution < 1.29 is 64.9 Å². The van der Waals surface area contributed by atoms with Gasteiger partial charge in [0.25, 0.3) is 0 Å². The van der Waals surface area contributed by atoms with Crippen LogP contribution in [0.1, 0.15) is 22.1 Å². The van der Waals surface area contributed by atoms with Crippen molar-refractivity contribution in [3.8, 4) is 0 Å². The second kappa shape index (κ2) is 16.2. The van der Waals surface area contributed by atoms with Crippen molar-refractivity contribution >= 4 is 24.1 Å². The largest absolute Gasteiger partial charge is 0.527 e. The summed E-state index contributed by atoms with van der Waals surface area (Å²) in [5.74, 6) is 0. The van der Waals surface area contributed by atoms with Crippen LogP contribution in [0.2, 0.25) is 6.55 Å². The van der Waals surface area contributed by atoms with Crippen LogP contribution in [0.25, 0.3) is 0 Å².